The van der Waals surface area contributed by atoms with E-state index in [-0.39, 0.29) is 0 Å². The summed E-state index contributed by atoms with van der Waals surface area (Å²) < 4.78 is 0. The third-order valence-electron chi connectivity index (χ3n) is 3.69. The van der Waals surface area contributed by atoms with E-state index in [2.05, 4.69) is 41.3 Å². The Morgan fingerprint density at radius 1 is 1.35 bits per heavy atom. The summed E-state index contributed by atoms with van der Waals surface area (Å²) in [6.07, 6.45) is 7.74. The van der Waals surface area contributed by atoms with Gasteiger partial charge in [-0.15, -0.1) is 0 Å². The lowest BCUT2D eigenvalue weighted by Crippen LogP contribution is -2.44. The van der Waals surface area contributed by atoms with E-state index in [4.69, 9.17) is 0 Å². The molecule has 2 rings (SSSR count). The van der Waals surface area contributed by atoms with E-state index in [0.29, 0.717) is 12.1 Å². The molecule has 0 aliphatic heterocycles. The molecule has 3 heteroatoms. The molecular weight excluding hydrogens is 210 g/mol. The summed E-state index contributed by atoms with van der Waals surface area (Å²) in [6, 6.07) is 5.57. The largest absolute Gasteiger partial charge is 0.313 e. The van der Waals surface area contributed by atoms with Crippen LogP contribution in [0.15, 0.2) is 24.5 Å². The van der Waals surface area contributed by atoms with Gasteiger partial charge in [-0.3, -0.25) is 9.88 Å². The van der Waals surface area contributed by atoms with Gasteiger partial charge in [-0.2, -0.15) is 0 Å². The van der Waals surface area contributed by atoms with E-state index in [1.807, 2.05) is 12.4 Å². The molecule has 94 valence electrons. The second-order valence-electron chi connectivity index (χ2n) is 4.93. The normalized spacial score (nSPS) is 24.4. The summed E-state index contributed by atoms with van der Waals surface area (Å²) in [6.45, 7) is 4.29. The van der Waals surface area contributed by atoms with Gasteiger partial charge in [0.1, 0.15) is 0 Å². The first-order valence-electron chi connectivity index (χ1n) is 6.63. The minimum absolute atomic E-state index is 0.673. The molecule has 1 heterocycles. The minimum atomic E-state index is 0.673. The Morgan fingerprint density at radius 3 is 2.82 bits per heavy atom. The van der Waals surface area contributed by atoms with Gasteiger partial charge in [-0.05, 0) is 44.1 Å². The maximum absolute atomic E-state index is 4.06. The standard InChI is InChI=1S/C14H23N3/c1-3-16-13-5-4-6-14(13)17(2)11-12-7-9-15-10-8-12/h7-10,13-14,16H,3-6,11H2,1-2H3. The molecule has 1 aromatic heterocycles. The maximum atomic E-state index is 4.06. The van der Waals surface area contributed by atoms with Crippen molar-refractivity contribution in [1.29, 1.82) is 0 Å². The Hall–Kier alpha value is -0.930. The number of hydrogen-bond donors (Lipinski definition) is 1. The van der Waals surface area contributed by atoms with Crippen molar-refractivity contribution in [3.8, 4) is 0 Å². The number of rotatable bonds is 5. The van der Waals surface area contributed by atoms with Crippen molar-refractivity contribution in [1.82, 2.24) is 15.2 Å². The average molecular weight is 233 g/mol. The fraction of sp³-hybridized carbons (Fsp3) is 0.643. The third kappa shape index (κ3) is 3.27. The molecule has 0 amide bonds. The van der Waals surface area contributed by atoms with Crippen LogP contribution in [0.1, 0.15) is 31.7 Å². The molecule has 2 atom stereocenters. The number of aromatic nitrogens is 1. The smallest absolute Gasteiger partial charge is 0.0271 e. The highest BCUT2D eigenvalue weighted by Gasteiger charge is 2.29. The van der Waals surface area contributed by atoms with Crippen molar-refractivity contribution in [2.24, 2.45) is 0 Å². The molecule has 0 radical (unpaired) electrons. The fourth-order valence-electron chi connectivity index (χ4n) is 2.86. The highest BCUT2D eigenvalue weighted by molar-refractivity contribution is 5.09. The zero-order valence-corrected chi connectivity index (χ0v) is 10.9. The summed E-state index contributed by atoms with van der Waals surface area (Å²) in [5.41, 5.74) is 1.35. The summed E-state index contributed by atoms with van der Waals surface area (Å²) >= 11 is 0. The fourth-order valence-corrected chi connectivity index (χ4v) is 2.86. The average Bonchev–Trinajstić information content (AvgIpc) is 2.79. The van der Waals surface area contributed by atoms with Gasteiger partial charge in [0, 0.05) is 31.0 Å². The van der Waals surface area contributed by atoms with Gasteiger partial charge in [0.15, 0.2) is 0 Å². The monoisotopic (exact) mass is 233 g/mol. The van der Waals surface area contributed by atoms with Gasteiger partial charge < -0.3 is 5.32 Å². The molecule has 1 aliphatic carbocycles. The first-order chi connectivity index (χ1) is 8.31. The van der Waals surface area contributed by atoms with Crippen molar-refractivity contribution < 1.29 is 0 Å². The van der Waals surface area contributed by atoms with Gasteiger partial charge >= 0.3 is 0 Å². The number of likely N-dealkylation sites (N-methyl/N-ethyl adjacent to an activating group) is 2. The van der Waals surface area contributed by atoms with E-state index >= 15 is 0 Å². The van der Waals surface area contributed by atoms with Crippen LogP contribution in [0.25, 0.3) is 0 Å². The topological polar surface area (TPSA) is 28.2 Å². The molecular formula is C14H23N3. The van der Waals surface area contributed by atoms with Crippen molar-refractivity contribution in [2.75, 3.05) is 13.6 Å². The molecule has 1 aliphatic rings. The summed E-state index contributed by atoms with van der Waals surface area (Å²) in [5, 5.41) is 3.61. The van der Waals surface area contributed by atoms with Crippen LogP contribution < -0.4 is 5.32 Å². The number of nitrogens with one attached hydrogen (secondary N) is 1. The Labute approximate surface area is 104 Å². The maximum Gasteiger partial charge on any atom is 0.0271 e. The number of hydrogen-bond acceptors (Lipinski definition) is 3. The SMILES string of the molecule is CCNC1CCCC1N(C)Cc1ccncc1. The van der Waals surface area contributed by atoms with Gasteiger partial charge in [0.05, 0.1) is 0 Å². The Balaban J connectivity index is 1.93. The number of nitrogens with zero attached hydrogens (tertiary/aromatic N) is 2. The molecule has 1 fully saturated rings. The highest BCUT2D eigenvalue weighted by atomic mass is 15.2. The van der Waals surface area contributed by atoms with Gasteiger partial charge in [0.25, 0.3) is 0 Å². The second kappa shape index (κ2) is 6.12. The molecule has 2 unspecified atom stereocenters. The molecule has 1 N–H and O–H groups in total. The molecule has 1 saturated carbocycles. The Bertz CT molecular complexity index is 325. The molecule has 17 heavy (non-hydrogen) atoms. The second-order valence-corrected chi connectivity index (χ2v) is 4.93. The van der Waals surface area contributed by atoms with Crippen LogP contribution in [0.5, 0.6) is 0 Å². The predicted molar refractivity (Wildman–Crippen MR) is 70.8 cm³/mol. The van der Waals surface area contributed by atoms with Gasteiger partial charge in [-0.25, -0.2) is 0 Å². The molecule has 0 saturated heterocycles. The van der Waals surface area contributed by atoms with E-state index in [1.165, 1.54) is 24.8 Å². The minimum Gasteiger partial charge on any atom is -0.313 e. The first-order valence-corrected chi connectivity index (χ1v) is 6.63. The van der Waals surface area contributed by atoms with Crippen LogP contribution in [0.3, 0.4) is 0 Å². The van der Waals surface area contributed by atoms with Crippen LogP contribution in [-0.2, 0) is 6.54 Å². The van der Waals surface area contributed by atoms with E-state index < -0.39 is 0 Å². The molecule has 0 bridgehead atoms. The third-order valence-corrected chi connectivity index (χ3v) is 3.69. The van der Waals surface area contributed by atoms with Crippen LogP contribution >= 0.6 is 0 Å². The van der Waals surface area contributed by atoms with Crippen molar-refractivity contribution in [3.63, 3.8) is 0 Å². The molecule has 0 spiro atoms. The molecule has 0 aromatic carbocycles. The van der Waals surface area contributed by atoms with Crippen molar-refractivity contribution in [3.05, 3.63) is 30.1 Å². The zero-order chi connectivity index (χ0) is 12.1. The van der Waals surface area contributed by atoms with Crippen molar-refractivity contribution >= 4 is 0 Å². The van der Waals surface area contributed by atoms with Crippen LogP contribution in [0.2, 0.25) is 0 Å². The molecule has 3 nitrogen and oxygen atoms in total. The van der Waals surface area contributed by atoms with Gasteiger partial charge in [-0.1, -0.05) is 13.3 Å². The quantitative estimate of drug-likeness (QED) is 0.843. The van der Waals surface area contributed by atoms with Crippen LogP contribution in [-0.4, -0.2) is 35.6 Å². The predicted octanol–water partition coefficient (Wildman–Crippen LogP) is 2.04. The van der Waals surface area contributed by atoms with Gasteiger partial charge in [0.2, 0.25) is 0 Å². The Kier molecular flexibility index (Phi) is 4.51. The molecule has 1 aromatic rings. The lowest BCUT2D eigenvalue weighted by molar-refractivity contribution is 0.205. The lowest BCUT2D eigenvalue weighted by atomic mass is 10.1. The first kappa shape index (κ1) is 12.5. The van der Waals surface area contributed by atoms with Crippen LogP contribution in [0, 0.1) is 0 Å². The summed E-state index contributed by atoms with van der Waals surface area (Å²) in [5.74, 6) is 0. The van der Waals surface area contributed by atoms with E-state index in [0.717, 1.165) is 13.1 Å². The van der Waals surface area contributed by atoms with Crippen molar-refractivity contribution in [2.45, 2.75) is 44.8 Å². The van der Waals surface area contributed by atoms with Crippen LogP contribution in [0.4, 0.5) is 0 Å². The lowest BCUT2D eigenvalue weighted by Gasteiger charge is -2.30. The Morgan fingerprint density at radius 2 is 2.12 bits per heavy atom. The van der Waals surface area contributed by atoms with E-state index in [1.54, 1.807) is 0 Å². The summed E-state index contributed by atoms with van der Waals surface area (Å²) in [7, 11) is 2.24. The van der Waals surface area contributed by atoms with E-state index in [9.17, 15) is 0 Å². The highest BCUT2D eigenvalue weighted by Crippen LogP contribution is 2.24. The zero-order valence-electron chi connectivity index (χ0n) is 10.9. The number of pyridine rings is 1. The summed E-state index contributed by atoms with van der Waals surface area (Å²) in [4.78, 5) is 6.55.